The molecule has 1 aromatic rings. The zero-order valence-electron chi connectivity index (χ0n) is 12.2. The lowest BCUT2D eigenvalue weighted by molar-refractivity contribution is 0.0952. The summed E-state index contributed by atoms with van der Waals surface area (Å²) in [6.07, 6.45) is 6.97. The van der Waals surface area contributed by atoms with Gasteiger partial charge in [-0.1, -0.05) is 6.08 Å². The number of hydrogen-bond acceptors (Lipinski definition) is 4. The lowest BCUT2D eigenvalue weighted by Gasteiger charge is -2.20. The summed E-state index contributed by atoms with van der Waals surface area (Å²) in [5.41, 5.74) is -0.466. The molecule has 0 spiro atoms. The number of benzene rings is 1. The lowest BCUT2D eigenvalue weighted by Crippen LogP contribution is -2.31. The molecule has 0 aliphatic carbocycles. The quantitative estimate of drug-likeness (QED) is 0.846. The third-order valence-electron chi connectivity index (χ3n) is 3.34. The van der Waals surface area contributed by atoms with Crippen molar-refractivity contribution in [2.24, 2.45) is 4.99 Å². The van der Waals surface area contributed by atoms with Crippen LogP contribution in [-0.2, 0) is 0 Å². The van der Waals surface area contributed by atoms with E-state index in [1.54, 1.807) is 30.5 Å². The third kappa shape index (κ3) is 4.12. The van der Waals surface area contributed by atoms with Crippen LogP contribution in [0.5, 0.6) is 0 Å². The van der Waals surface area contributed by atoms with E-state index in [1.165, 1.54) is 30.3 Å². The van der Waals surface area contributed by atoms with Crippen LogP contribution >= 0.6 is 0 Å². The van der Waals surface area contributed by atoms with Gasteiger partial charge in [0.25, 0.3) is 5.91 Å². The third-order valence-corrected chi connectivity index (χ3v) is 3.34. The largest absolute Gasteiger partial charge is 0.352 e. The van der Waals surface area contributed by atoms with Crippen LogP contribution in [-0.4, -0.2) is 24.2 Å². The molecule has 23 heavy (non-hydrogen) atoms. The number of carbonyl (C=O) groups is 1. The van der Waals surface area contributed by atoms with Gasteiger partial charge in [-0.25, -0.2) is 4.39 Å². The van der Waals surface area contributed by atoms with Gasteiger partial charge in [-0.2, -0.15) is 10.5 Å². The van der Waals surface area contributed by atoms with Crippen LogP contribution in [0.15, 0.2) is 53.1 Å². The Morgan fingerprint density at radius 1 is 1.30 bits per heavy atom. The van der Waals surface area contributed by atoms with E-state index in [2.05, 4.69) is 10.3 Å². The normalized spacial score (nSPS) is 18.0. The van der Waals surface area contributed by atoms with Gasteiger partial charge >= 0.3 is 0 Å². The molecule has 0 bridgehead atoms. The molecular formula is C17H13FN4O. The number of hydrogen-bond donors (Lipinski definition) is 1. The number of allylic oxidation sites excluding steroid dienone is 2. The van der Waals surface area contributed by atoms with Crippen molar-refractivity contribution in [2.45, 2.75) is 12.0 Å². The van der Waals surface area contributed by atoms with Crippen molar-refractivity contribution in [1.82, 2.24) is 5.32 Å². The Labute approximate surface area is 133 Å². The van der Waals surface area contributed by atoms with Gasteiger partial charge < -0.3 is 5.32 Å². The molecule has 1 atom stereocenters. The first-order chi connectivity index (χ1) is 11.1. The summed E-state index contributed by atoms with van der Waals surface area (Å²) in [7, 11) is 0. The second-order valence-corrected chi connectivity index (χ2v) is 4.92. The summed E-state index contributed by atoms with van der Waals surface area (Å²) in [5.74, 6) is -0.729. The number of nitrogens with one attached hydrogen (secondary N) is 1. The highest BCUT2D eigenvalue weighted by Crippen LogP contribution is 2.24. The van der Waals surface area contributed by atoms with Crippen LogP contribution in [0.1, 0.15) is 16.8 Å². The number of carbonyl (C=O) groups excluding carboxylic acids is 1. The number of halogens is 1. The lowest BCUT2D eigenvalue weighted by atomic mass is 9.94. The van der Waals surface area contributed by atoms with Gasteiger partial charge in [0.1, 0.15) is 29.1 Å². The van der Waals surface area contributed by atoms with Gasteiger partial charge in [-0.05, 0) is 42.8 Å². The number of nitriles is 2. The van der Waals surface area contributed by atoms with Crippen LogP contribution in [0.25, 0.3) is 0 Å². The Balaban J connectivity index is 2.00. The monoisotopic (exact) mass is 308 g/mol. The summed E-state index contributed by atoms with van der Waals surface area (Å²) in [6, 6.07) is 8.84. The predicted molar refractivity (Wildman–Crippen MR) is 83.0 cm³/mol. The van der Waals surface area contributed by atoms with Crippen molar-refractivity contribution in [2.75, 3.05) is 6.54 Å². The molecule has 5 nitrogen and oxygen atoms in total. The summed E-state index contributed by atoms with van der Waals surface area (Å²) in [5, 5.41) is 20.5. The summed E-state index contributed by atoms with van der Waals surface area (Å²) < 4.78 is 12.8. The van der Waals surface area contributed by atoms with Gasteiger partial charge in [0.05, 0.1) is 0 Å². The molecule has 1 amide bonds. The van der Waals surface area contributed by atoms with E-state index in [4.69, 9.17) is 10.5 Å². The van der Waals surface area contributed by atoms with Crippen molar-refractivity contribution in [3.05, 3.63) is 59.4 Å². The van der Waals surface area contributed by atoms with Crippen LogP contribution in [0.3, 0.4) is 0 Å². The molecule has 0 aromatic heterocycles. The summed E-state index contributed by atoms with van der Waals surface area (Å²) >= 11 is 0. The standard InChI is InChI=1S/C17H13FN4O/c18-15-4-2-14(3-5-15)16(23)21-9-7-17(6-1-8-22-17)10-13(11-19)12-20/h1-6,8,10H,7,9H2,(H,21,23). The second kappa shape index (κ2) is 7.15. The van der Waals surface area contributed by atoms with Crippen LogP contribution in [0, 0.1) is 28.5 Å². The average Bonchev–Trinajstić information content (AvgIpc) is 3.02. The van der Waals surface area contributed by atoms with Crippen molar-refractivity contribution in [3.63, 3.8) is 0 Å². The van der Waals surface area contributed by atoms with Crippen molar-refractivity contribution in [3.8, 4) is 12.1 Å². The Morgan fingerprint density at radius 3 is 2.57 bits per heavy atom. The first-order valence-corrected chi connectivity index (χ1v) is 6.88. The minimum absolute atomic E-state index is 0.0291. The fraction of sp³-hybridized carbons (Fsp3) is 0.176. The summed E-state index contributed by atoms with van der Waals surface area (Å²) in [4.78, 5) is 16.2. The van der Waals surface area contributed by atoms with E-state index in [0.717, 1.165) is 0 Å². The van der Waals surface area contributed by atoms with E-state index in [-0.39, 0.29) is 11.5 Å². The molecule has 0 radical (unpaired) electrons. The molecule has 0 saturated carbocycles. The number of nitrogens with zero attached hydrogens (tertiary/aromatic N) is 3. The maximum atomic E-state index is 12.8. The van der Waals surface area contributed by atoms with Crippen molar-refractivity contribution < 1.29 is 9.18 Å². The Morgan fingerprint density at radius 2 is 2.00 bits per heavy atom. The molecule has 1 unspecified atom stereocenters. The SMILES string of the molecule is N#CC(C#N)=CC1(CCNC(=O)c2ccc(F)cc2)C=CC=N1. The van der Waals surface area contributed by atoms with Gasteiger partial charge in [0, 0.05) is 18.3 Å². The van der Waals surface area contributed by atoms with Crippen LogP contribution < -0.4 is 5.32 Å². The van der Waals surface area contributed by atoms with Crippen LogP contribution in [0.4, 0.5) is 4.39 Å². The van der Waals surface area contributed by atoms with Gasteiger partial charge in [-0.15, -0.1) is 0 Å². The second-order valence-electron chi connectivity index (χ2n) is 4.92. The number of amides is 1. The fourth-order valence-corrected chi connectivity index (χ4v) is 2.16. The topological polar surface area (TPSA) is 89.0 Å². The molecule has 1 heterocycles. The van der Waals surface area contributed by atoms with Crippen molar-refractivity contribution in [1.29, 1.82) is 10.5 Å². The molecule has 6 heteroatoms. The minimum Gasteiger partial charge on any atom is -0.352 e. The van der Waals surface area contributed by atoms with E-state index in [0.29, 0.717) is 18.5 Å². The smallest absolute Gasteiger partial charge is 0.251 e. The minimum atomic E-state index is -0.795. The van der Waals surface area contributed by atoms with Crippen LogP contribution in [0.2, 0.25) is 0 Å². The molecule has 2 rings (SSSR count). The van der Waals surface area contributed by atoms with Gasteiger partial charge in [0.2, 0.25) is 0 Å². The Hall–Kier alpha value is -3.25. The molecular weight excluding hydrogens is 295 g/mol. The zero-order valence-corrected chi connectivity index (χ0v) is 12.2. The first kappa shape index (κ1) is 16.1. The highest BCUT2D eigenvalue weighted by molar-refractivity contribution is 5.94. The maximum absolute atomic E-state index is 12.8. The Bertz CT molecular complexity index is 735. The van der Waals surface area contributed by atoms with E-state index >= 15 is 0 Å². The highest BCUT2D eigenvalue weighted by atomic mass is 19.1. The number of aliphatic imine (C=N–C) groups is 1. The van der Waals surface area contributed by atoms with Crippen molar-refractivity contribution >= 4 is 12.1 Å². The van der Waals surface area contributed by atoms with E-state index in [1.807, 2.05) is 0 Å². The highest BCUT2D eigenvalue weighted by Gasteiger charge is 2.26. The average molecular weight is 308 g/mol. The van der Waals surface area contributed by atoms with Gasteiger partial charge in [0.15, 0.2) is 0 Å². The zero-order chi connectivity index (χ0) is 16.7. The molecule has 1 aliphatic heterocycles. The van der Waals surface area contributed by atoms with E-state index < -0.39 is 11.4 Å². The molecule has 1 N–H and O–H groups in total. The molecule has 114 valence electrons. The number of rotatable bonds is 5. The van der Waals surface area contributed by atoms with E-state index in [9.17, 15) is 9.18 Å². The molecule has 1 aliphatic rings. The maximum Gasteiger partial charge on any atom is 0.251 e. The van der Waals surface area contributed by atoms with Gasteiger partial charge in [-0.3, -0.25) is 9.79 Å². The Kier molecular flexibility index (Phi) is 5.01. The summed E-state index contributed by atoms with van der Waals surface area (Å²) in [6.45, 7) is 0.290. The fourth-order valence-electron chi connectivity index (χ4n) is 2.16. The molecule has 0 saturated heterocycles. The predicted octanol–water partition coefficient (Wildman–Crippen LogP) is 2.30. The first-order valence-electron chi connectivity index (χ1n) is 6.88. The molecule has 0 fully saturated rings. The molecule has 1 aromatic carbocycles.